The Labute approximate surface area is 119 Å². The van der Waals surface area contributed by atoms with Crippen LogP contribution in [0, 0.1) is 11.3 Å². The molecule has 0 aromatic rings. The third kappa shape index (κ3) is 8.32. The molecule has 0 aromatic carbocycles. The van der Waals surface area contributed by atoms with E-state index in [1.165, 1.54) is 12.0 Å². The van der Waals surface area contributed by atoms with Crippen molar-refractivity contribution >= 4 is 12.0 Å². The summed E-state index contributed by atoms with van der Waals surface area (Å²) in [7, 11) is 1.54. The lowest BCUT2D eigenvalue weighted by atomic mass is 9.99. The Morgan fingerprint density at radius 1 is 1.40 bits per heavy atom. The maximum absolute atomic E-state index is 12.1. The van der Waals surface area contributed by atoms with Crippen LogP contribution in [0.25, 0.3) is 0 Å². The van der Waals surface area contributed by atoms with E-state index < -0.39 is 11.5 Å². The lowest BCUT2D eigenvalue weighted by Crippen LogP contribution is -2.51. The van der Waals surface area contributed by atoms with Crippen LogP contribution in [0.15, 0.2) is 0 Å². The van der Waals surface area contributed by atoms with Crippen molar-refractivity contribution < 1.29 is 19.4 Å². The SMILES string of the molecule is COCCN(CCC#N)C(=O)NC(C)(C)CCC(=O)O. The van der Waals surface area contributed by atoms with Crippen LogP contribution in [-0.2, 0) is 9.53 Å². The van der Waals surface area contributed by atoms with Gasteiger partial charge in [-0.25, -0.2) is 4.79 Å². The molecule has 0 unspecified atom stereocenters. The summed E-state index contributed by atoms with van der Waals surface area (Å²) in [6.07, 6.45) is 0.570. The van der Waals surface area contributed by atoms with Crippen molar-refractivity contribution in [1.82, 2.24) is 10.2 Å². The molecule has 114 valence electrons. The lowest BCUT2D eigenvalue weighted by molar-refractivity contribution is -0.137. The summed E-state index contributed by atoms with van der Waals surface area (Å²) >= 11 is 0. The highest BCUT2D eigenvalue weighted by atomic mass is 16.5. The molecule has 0 radical (unpaired) electrons. The molecule has 0 atom stereocenters. The van der Waals surface area contributed by atoms with Gasteiger partial charge in [0.05, 0.1) is 19.1 Å². The van der Waals surface area contributed by atoms with Crippen molar-refractivity contribution in [3.8, 4) is 6.07 Å². The second-order valence-electron chi connectivity index (χ2n) is 5.10. The summed E-state index contributed by atoms with van der Waals surface area (Å²) in [5.41, 5.74) is -0.618. The molecule has 2 amide bonds. The number of amides is 2. The topological polar surface area (TPSA) is 103 Å². The van der Waals surface area contributed by atoms with Gasteiger partial charge in [0, 0.05) is 32.2 Å². The Bertz CT molecular complexity index is 363. The minimum atomic E-state index is -0.895. The van der Waals surface area contributed by atoms with E-state index in [1.54, 1.807) is 13.8 Å². The highest BCUT2D eigenvalue weighted by Crippen LogP contribution is 2.12. The fraction of sp³-hybridized carbons (Fsp3) is 0.769. The summed E-state index contributed by atoms with van der Waals surface area (Å²) in [6, 6.07) is 1.68. The monoisotopic (exact) mass is 285 g/mol. The number of urea groups is 1. The first-order valence-electron chi connectivity index (χ1n) is 6.47. The highest BCUT2D eigenvalue weighted by molar-refractivity contribution is 5.75. The number of methoxy groups -OCH3 is 1. The molecule has 0 bridgehead atoms. The first-order valence-corrected chi connectivity index (χ1v) is 6.47. The number of rotatable bonds is 9. The largest absolute Gasteiger partial charge is 0.481 e. The molecule has 0 aliphatic rings. The van der Waals surface area contributed by atoms with Crippen molar-refractivity contribution in [1.29, 1.82) is 5.26 Å². The van der Waals surface area contributed by atoms with E-state index >= 15 is 0 Å². The first kappa shape index (κ1) is 18.2. The fourth-order valence-corrected chi connectivity index (χ4v) is 1.55. The summed E-state index contributed by atoms with van der Waals surface area (Å²) in [6.45, 7) is 4.63. The van der Waals surface area contributed by atoms with Crippen LogP contribution in [0.3, 0.4) is 0 Å². The second-order valence-corrected chi connectivity index (χ2v) is 5.10. The van der Waals surface area contributed by atoms with Gasteiger partial charge in [-0.2, -0.15) is 5.26 Å². The first-order chi connectivity index (χ1) is 9.32. The van der Waals surface area contributed by atoms with E-state index in [0.717, 1.165) is 0 Å². The Hall–Kier alpha value is -1.81. The van der Waals surface area contributed by atoms with Crippen molar-refractivity contribution in [3.63, 3.8) is 0 Å². The van der Waals surface area contributed by atoms with Gasteiger partial charge in [0.25, 0.3) is 0 Å². The third-order valence-electron chi connectivity index (χ3n) is 2.76. The molecule has 0 aromatic heterocycles. The quantitative estimate of drug-likeness (QED) is 0.662. The molecule has 0 saturated heterocycles. The Balaban J connectivity index is 4.47. The van der Waals surface area contributed by atoms with Gasteiger partial charge in [-0.1, -0.05) is 0 Å². The van der Waals surface area contributed by atoms with Crippen molar-refractivity contribution in [2.75, 3.05) is 26.8 Å². The molecule has 0 rings (SSSR count). The Morgan fingerprint density at radius 3 is 2.55 bits per heavy atom. The van der Waals surface area contributed by atoms with Crippen LogP contribution in [0.5, 0.6) is 0 Å². The summed E-state index contributed by atoms with van der Waals surface area (Å²) in [5, 5.41) is 20.1. The fourth-order valence-electron chi connectivity index (χ4n) is 1.55. The van der Waals surface area contributed by atoms with E-state index in [2.05, 4.69) is 5.32 Å². The van der Waals surface area contributed by atoms with Crippen LogP contribution >= 0.6 is 0 Å². The normalized spacial score (nSPS) is 10.7. The maximum Gasteiger partial charge on any atom is 0.317 e. The zero-order chi connectivity index (χ0) is 15.6. The van der Waals surface area contributed by atoms with E-state index in [9.17, 15) is 9.59 Å². The van der Waals surface area contributed by atoms with Gasteiger partial charge in [-0.3, -0.25) is 4.79 Å². The number of carboxylic acids is 1. The lowest BCUT2D eigenvalue weighted by Gasteiger charge is -2.30. The van der Waals surface area contributed by atoms with Gasteiger partial charge >= 0.3 is 12.0 Å². The Kier molecular flexibility index (Phi) is 8.32. The Morgan fingerprint density at radius 2 is 2.05 bits per heavy atom. The number of hydrogen-bond donors (Lipinski definition) is 2. The molecule has 0 fully saturated rings. The zero-order valence-corrected chi connectivity index (χ0v) is 12.3. The minimum absolute atomic E-state index is 0.0104. The molecule has 2 N–H and O–H groups in total. The predicted octanol–water partition coefficient (Wildman–Crippen LogP) is 1.20. The van der Waals surface area contributed by atoms with Crippen LogP contribution < -0.4 is 5.32 Å². The number of carbonyl (C=O) groups is 2. The van der Waals surface area contributed by atoms with Gasteiger partial charge < -0.3 is 20.1 Å². The number of carbonyl (C=O) groups excluding carboxylic acids is 1. The molecule has 20 heavy (non-hydrogen) atoms. The zero-order valence-electron chi connectivity index (χ0n) is 12.3. The standard InChI is InChI=1S/C13H23N3O4/c1-13(2,6-5-11(17)18)15-12(19)16(8-4-7-14)9-10-20-3/h4-6,8-10H2,1-3H3,(H,15,19)(H,17,18). The smallest absolute Gasteiger partial charge is 0.317 e. The summed E-state index contributed by atoms with van der Waals surface area (Å²) in [5.74, 6) is -0.895. The third-order valence-corrected chi connectivity index (χ3v) is 2.76. The van der Waals surface area contributed by atoms with Crippen LogP contribution in [0.4, 0.5) is 4.79 Å². The van der Waals surface area contributed by atoms with Gasteiger partial charge in [0.1, 0.15) is 0 Å². The minimum Gasteiger partial charge on any atom is -0.481 e. The molecule has 0 aliphatic heterocycles. The average molecular weight is 285 g/mol. The molecule has 0 aliphatic carbocycles. The number of aliphatic carboxylic acids is 1. The number of hydrogen-bond acceptors (Lipinski definition) is 4. The molecule has 0 saturated carbocycles. The van der Waals surface area contributed by atoms with Gasteiger partial charge in [0.15, 0.2) is 0 Å². The number of nitrogens with zero attached hydrogens (tertiary/aromatic N) is 2. The number of nitrogens with one attached hydrogen (secondary N) is 1. The van der Waals surface area contributed by atoms with Gasteiger partial charge in [0.2, 0.25) is 0 Å². The molecule has 7 nitrogen and oxygen atoms in total. The second kappa shape index (κ2) is 9.15. The summed E-state index contributed by atoms with van der Waals surface area (Å²) < 4.78 is 4.93. The predicted molar refractivity (Wildman–Crippen MR) is 73.2 cm³/mol. The van der Waals surface area contributed by atoms with Crippen molar-refractivity contribution in [2.24, 2.45) is 0 Å². The van der Waals surface area contributed by atoms with Gasteiger partial charge in [-0.15, -0.1) is 0 Å². The molecular weight excluding hydrogens is 262 g/mol. The molecule has 7 heteroatoms. The van der Waals surface area contributed by atoms with E-state index in [0.29, 0.717) is 26.1 Å². The van der Waals surface area contributed by atoms with Crippen LogP contribution in [-0.4, -0.2) is 54.4 Å². The highest BCUT2D eigenvalue weighted by Gasteiger charge is 2.24. The molecule has 0 spiro atoms. The number of nitriles is 1. The van der Waals surface area contributed by atoms with E-state index in [-0.39, 0.29) is 18.9 Å². The van der Waals surface area contributed by atoms with E-state index in [1.807, 2.05) is 6.07 Å². The van der Waals surface area contributed by atoms with Crippen LogP contribution in [0.2, 0.25) is 0 Å². The number of carboxylic acid groups (broad SMARTS) is 1. The molecular formula is C13H23N3O4. The summed E-state index contributed by atoms with van der Waals surface area (Å²) in [4.78, 5) is 24.2. The number of ether oxygens (including phenoxy) is 1. The van der Waals surface area contributed by atoms with Crippen molar-refractivity contribution in [3.05, 3.63) is 0 Å². The van der Waals surface area contributed by atoms with Crippen molar-refractivity contribution in [2.45, 2.75) is 38.6 Å². The average Bonchev–Trinajstić information content (AvgIpc) is 2.36. The van der Waals surface area contributed by atoms with E-state index in [4.69, 9.17) is 15.1 Å². The van der Waals surface area contributed by atoms with Gasteiger partial charge in [-0.05, 0) is 20.3 Å². The maximum atomic E-state index is 12.1. The molecule has 0 heterocycles. The van der Waals surface area contributed by atoms with Crippen LogP contribution in [0.1, 0.15) is 33.1 Å².